The molecule has 0 spiro atoms. The van der Waals surface area contributed by atoms with Gasteiger partial charge in [0.25, 0.3) is 0 Å². The number of rotatable bonds is 11. The van der Waals surface area contributed by atoms with Crippen molar-refractivity contribution in [1.29, 1.82) is 0 Å². The van der Waals surface area contributed by atoms with Gasteiger partial charge in [-0.2, -0.15) is 0 Å². The summed E-state index contributed by atoms with van der Waals surface area (Å²) in [5.74, 6) is 0. The molecule has 3 rings (SSSR count). The van der Waals surface area contributed by atoms with Crippen molar-refractivity contribution in [2.24, 2.45) is 0 Å². The Bertz CT molecular complexity index is 998. The van der Waals surface area contributed by atoms with Gasteiger partial charge in [0.1, 0.15) is 6.54 Å². The van der Waals surface area contributed by atoms with Crippen LogP contribution in [-0.4, -0.2) is 35.1 Å². The van der Waals surface area contributed by atoms with Crippen molar-refractivity contribution in [2.45, 2.75) is 19.0 Å². The highest BCUT2D eigenvalue weighted by molar-refractivity contribution is 14.0. The molecule has 2 aromatic heterocycles. The lowest BCUT2D eigenvalue weighted by Gasteiger charge is -2.23. The standard InChI is InChI=1S/C26H31N2O3Si.HI/c1-29-32(30-2,31-3)22-4-19-28-20-15-26(16-21-28)12-10-24-7-5-23(6-8-24)9-11-25-13-17-27-18-14-25;/h5-18,20-21H,4,19,22H2,1-3H3;1H/q+1;/b11-9+,12-10+;. The van der Waals surface area contributed by atoms with Crippen LogP contribution in [0.5, 0.6) is 0 Å². The molecule has 0 N–H and O–H groups in total. The molecule has 0 aliphatic heterocycles. The molecule has 0 saturated carbocycles. The van der Waals surface area contributed by atoms with Gasteiger partial charge in [-0.1, -0.05) is 48.6 Å². The summed E-state index contributed by atoms with van der Waals surface area (Å²) in [4.78, 5) is 4.04. The smallest absolute Gasteiger partial charge is 0.377 e. The number of benzene rings is 1. The molecular weight excluding hydrogens is 543 g/mol. The Morgan fingerprint density at radius 1 is 0.697 bits per heavy atom. The molecule has 0 amide bonds. The number of halogens is 1. The minimum Gasteiger partial charge on any atom is -0.377 e. The fourth-order valence-electron chi connectivity index (χ4n) is 3.34. The van der Waals surface area contributed by atoms with Crippen molar-refractivity contribution in [2.75, 3.05) is 21.3 Å². The molecule has 2 heterocycles. The van der Waals surface area contributed by atoms with Crippen molar-refractivity contribution < 1.29 is 17.8 Å². The minimum absolute atomic E-state index is 0. The van der Waals surface area contributed by atoms with E-state index in [0.717, 1.165) is 30.1 Å². The Hall–Kier alpha value is -2.17. The zero-order chi connectivity index (χ0) is 22.7. The molecule has 0 saturated heterocycles. The molecule has 3 aromatic rings. The van der Waals surface area contributed by atoms with E-state index in [4.69, 9.17) is 13.3 Å². The van der Waals surface area contributed by atoms with Crippen molar-refractivity contribution >= 4 is 57.1 Å². The molecule has 33 heavy (non-hydrogen) atoms. The quantitative estimate of drug-likeness (QED) is 0.170. The van der Waals surface area contributed by atoms with Crippen molar-refractivity contribution in [3.05, 3.63) is 95.6 Å². The van der Waals surface area contributed by atoms with E-state index >= 15 is 0 Å². The first-order chi connectivity index (χ1) is 15.7. The molecule has 1 aromatic carbocycles. The van der Waals surface area contributed by atoms with Gasteiger partial charge in [-0.3, -0.25) is 4.98 Å². The lowest BCUT2D eigenvalue weighted by atomic mass is 10.1. The Kier molecular flexibility index (Phi) is 11.6. The van der Waals surface area contributed by atoms with Crippen molar-refractivity contribution in [3.63, 3.8) is 0 Å². The van der Waals surface area contributed by atoms with Crippen LogP contribution < -0.4 is 4.57 Å². The second-order valence-electron chi connectivity index (χ2n) is 7.38. The number of nitrogens with zero attached hydrogens (tertiary/aromatic N) is 2. The maximum Gasteiger partial charge on any atom is 0.500 e. The van der Waals surface area contributed by atoms with E-state index < -0.39 is 8.80 Å². The van der Waals surface area contributed by atoms with Crippen LogP contribution >= 0.6 is 24.0 Å². The average molecular weight is 576 g/mol. The minimum atomic E-state index is -2.49. The topological polar surface area (TPSA) is 44.5 Å². The highest BCUT2D eigenvalue weighted by Gasteiger charge is 2.37. The molecule has 0 aliphatic carbocycles. The van der Waals surface area contributed by atoms with Crippen LogP contribution in [0.2, 0.25) is 6.04 Å². The van der Waals surface area contributed by atoms with Crippen LogP contribution in [0, 0.1) is 0 Å². The molecule has 0 bridgehead atoms. The molecule has 0 radical (unpaired) electrons. The summed E-state index contributed by atoms with van der Waals surface area (Å²) >= 11 is 0. The van der Waals surface area contributed by atoms with E-state index in [0.29, 0.717) is 0 Å². The zero-order valence-corrected chi connectivity index (χ0v) is 22.7. The van der Waals surface area contributed by atoms with Crippen LogP contribution in [0.3, 0.4) is 0 Å². The average Bonchev–Trinajstić information content (AvgIpc) is 2.86. The fourth-order valence-corrected chi connectivity index (χ4v) is 5.04. The molecular formula is C26H32IN2O3Si+. The largest absolute Gasteiger partial charge is 0.500 e. The van der Waals surface area contributed by atoms with Gasteiger partial charge >= 0.3 is 8.80 Å². The van der Waals surface area contributed by atoms with Crippen molar-refractivity contribution in [3.8, 4) is 0 Å². The Morgan fingerprint density at radius 2 is 1.12 bits per heavy atom. The van der Waals surface area contributed by atoms with Gasteiger partial charge in [0.15, 0.2) is 12.4 Å². The normalized spacial score (nSPS) is 11.7. The number of pyridine rings is 2. The summed E-state index contributed by atoms with van der Waals surface area (Å²) in [6.07, 6.45) is 17.2. The molecule has 7 heteroatoms. The first kappa shape index (κ1) is 27.1. The van der Waals surface area contributed by atoms with Gasteiger partial charge in [-0.25, -0.2) is 4.57 Å². The van der Waals surface area contributed by atoms with E-state index in [2.05, 4.69) is 82.6 Å². The summed E-state index contributed by atoms with van der Waals surface area (Å²) in [5.41, 5.74) is 4.64. The predicted molar refractivity (Wildman–Crippen MR) is 147 cm³/mol. The summed E-state index contributed by atoms with van der Waals surface area (Å²) in [5, 5.41) is 0. The monoisotopic (exact) mass is 575 g/mol. The first-order valence-corrected chi connectivity index (χ1v) is 12.6. The molecule has 5 nitrogen and oxygen atoms in total. The number of hydrogen-bond donors (Lipinski definition) is 0. The third-order valence-electron chi connectivity index (χ3n) is 5.33. The maximum absolute atomic E-state index is 5.48. The van der Waals surface area contributed by atoms with Gasteiger partial charge in [-0.15, -0.1) is 24.0 Å². The Labute approximate surface area is 215 Å². The fraction of sp³-hybridized carbons (Fsp3) is 0.231. The van der Waals surface area contributed by atoms with Crippen LogP contribution in [0.15, 0.2) is 73.3 Å². The highest BCUT2D eigenvalue weighted by atomic mass is 127. The van der Waals surface area contributed by atoms with E-state index in [1.54, 1.807) is 33.7 Å². The molecule has 0 fully saturated rings. The van der Waals surface area contributed by atoms with Gasteiger partial charge in [0, 0.05) is 58.3 Å². The van der Waals surface area contributed by atoms with Gasteiger partial charge in [0.2, 0.25) is 0 Å². The highest BCUT2D eigenvalue weighted by Crippen LogP contribution is 2.15. The number of hydrogen-bond acceptors (Lipinski definition) is 4. The van der Waals surface area contributed by atoms with Gasteiger partial charge < -0.3 is 13.3 Å². The van der Waals surface area contributed by atoms with E-state index in [-0.39, 0.29) is 24.0 Å². The third-order valence-corrected chi connectivity index (χ3v) is 8.16. The van der Waals surface area contributed by atoms with Crippen LogP contribution in [0.1, 0.15) is 28.7 Å². The maximum atomic E-state index is 5.48. The van der Waals surface area contributed by atoms with Crippen LogP contribution in [-0.2, 0) is 19.8 Å². The Morgan fingerprint density at radius 3 is 1.58 bits per heavy atom. The number of aromatic nitrogens is 2. The second kappa shape index (κ2) is 14.2. The van der Waals surface area contributed by atoms with E-state index in [1.165, 1.54) is 11.1 Å². The molecule has 0 atom stereocenters. The van der Waals surface area contributed by atoms with Gasteiger partial charge in [-0.05, 0) is 34.4 Å². The lowest BCUT2D eigenvalue weighted by Crippen LogP contribution is -2.44. The SMILES string of the molecule is CO[Si](CCC[n+]1ccc(/C=C/c2ccc(/C=C/c3ccncc3)cc2)cc1)(OC)OC.I. The lowest BCUT2D eigenvalue weighted by molar-refractivity contribution is -0.697. The predicted octanol–water partition coefficient (Wildman–Crippen LogP) is 5.60. The Balaban J connectivity index is 0.00000385. The molecule has 0 unspecified atom stereocenters. The second-order valence-corrected chi connectivity index (χ2v) is 10.5. The number of aryl methyl sites for hydroxylation is 1. The third kappa shape index (κ3) is 8.60. The summed E-state index contributed by atoms with van der Waals surface area (Å²) in [6, 6.07) is 17.5. The zero-order valence-electron chi connectivity index (χ0n) is 19.4. The first-order valence-electron chi connectivity index (χ1n) is 10.7. The van der Waals surface area contributed by atoms with Crippen LogP contribution in [0.4, 0.5) is 0 Å². The van der Waals surface area contributed by atoms with Crippen LogP contribution in [0.25, 0.3) is 24.3 Å². The molecule has 0 aliphatic rings. The van der Waals surface area contributed by atoms with E-state index in [9.17, 15) is 0 Å². The summed E-state index contributed by atoms with van der Waals surface area (Å²) in [6.45, 7) is 0.892. The van der Waals surface area contributed by atoms with E-state index in [1.807, 2.05) is 12.1 Å². The van der Waals surface area contributed by atoms with Gasteiger partial charge in [0.05, 0.1) is 0 Å². The van der Waals surface area contributed by atoms with Crippen molar-refractivity contribution in [1.82, 2.24) is 4.98 Å². The molecule has 174 valence electrons. The summed E-state index contributed by atoms with van der Waals surface area (Å²) < 4.78 is 18.6. The summed E-state index contributed by atoms with van der Waals surface area (Å²) in [7, 11) is 2.47.